The minimum atomic E-state index is -1.26. The Morgan fingerprint density at radius 2 is 1.77 bits per heavy atom. The Morgan fingerprint density at radius 1 is 1.07 bits per heavy atom. The summed E-state index contributed by atoms with van der Waals surface area (Å²) in [5.41, 5.74) is 0. The lowest BCUT2D eigenvalue weighted by Crippen LogP contribution is -2.33. The second-order valence-electron chi connectivity index (χ2n) is 6.54. The fourth-order valence-electron chi connectivity index (χ4n) is 2.71. The lowest BCUT2D eigenvalue weighted by Gasteiger charge is -2.23. The molecule has 1 heterocycles. The Balaban J connectivity index is 0.000000343. The smallest absolute Gasteiger partial charge is 0.328 e. The van der Waals surface area contributed by atoms with E-state index in [4.69, 9.17) is 19.7 Å². The van der Waals surface area contributed by atoms with Crippen LogP contribution in [0.3, 0.4) is 0 Å². The molecule has 3 N–H and O–H groups in total. The highest BCUT2D eigenvalue weighted by atomic mass is 19.1. The van der Waals surface area contributed by atoms with Gasteiger partial charge in [-0.25, -0.2) is 14.0 Å². The SMILES string of the molecule is Fc1ccc(OC[C@H]2CCCNC2)c(Oc2ccccc2)c1.O=C(O)/C=C/C(=O)O. The van der Waals surface area contributed by atoms with Gasteiger partial charge in [0, 0.05) is 30.7 Å². The van der Waals surface area contributed by atoms with E-state index in [-0.39, 0.29) is 5.82 Å². The van der Waals surface area contributed by atoms with E-state index in [1.54, 1.807) is 6.07 Å². The van der Waals surface area contributed by atoms with Gasteiger partial charge in [0.25, 0.3) is 0 Å². The number of benzene rings is 2. The molecule has 0 amide bonds. The minimum Gasteiger partial charge on any atom is -0.489 e. The van der Waals surface area contributed by atoms with Crippen molar-refractivity contribution in [1.82, 2.24) is 5.32 Å². The quantitative estimate of drug-likeness (QED) is 0.590. The van der Waals surface area contributed by atoms with Crippen molar-refractivity contribution in [3.63, 3.8) is 0 Å². The summed E-state index contributed by atoms with van der Waals surface area (Å²) in [6.07, 6.45) is 3.44. The molecule has 1 atom stereocenters. The fourth-order valence-corrected chi connectivity index (χ4v) is 2.71. The maximum atomic E-state index is 13.5. The predicted octanol–water partition coefficient (Wildman–Crippen LogP) is 3.71. The van der Waals surface area contributed by atoms with Crippen molar-refractivity contribution in [2.75, 3.05) is 19.7 Å². The van der Waals surface area contributed by atoms with E-state index >= 15 is 0 Å². The molecule has 0 spiro atoms. The first kappa shape index (κ1) is 22.9. The molecule has 3 rings (SSSR count). The third-order valence-electron chi connectivity index (χ3n) is 4.12. The van der Waals surface area contributed by atoms with Crippen LogP contribution in [0.15, 0.2) is 60.7 Å². The van der Waals surface area contributed by atoms with E-state index in [0.717, 1.165) is 19.5 Å². The lowest BCUT2D eigenvalue weighted by molar-refractivity contribution is -0.134. The molecule has 1 aliphatic rings. The Kier molecular flexibility index (Phi) is 9.33. The van der Waals surface area contributed by atoms with E-state index in [9.17, 15) is 14.0 Å². The zero-order valence-electron chi connectivity index (χ0n) is 16.3. The summed E-state index contributed by atoms with van der Waals surface area (Å²) in [7, 11) is 0. The number of piperidine rings is 1. The van der Waals surface area contributed by atoms with Crippen LogP contribution in [0.2, 0.25) is 0 Å². The van der Waals surface area contributed by atoms with Crippen molar-refractivity contribution < 1.29 is 33.7 Å². The molecule has 0 unspecified atom stereocenters. The number of hydrogen-bond donors (Lipinski definition) is 3. The average Bonchev–Trinajstić information content (AvgIpc) is 2.74. The number of rotatable bonds is 7. The monoisotopic (exact) mass is 417 g/mol. The Bertz CT molecular complexity index is 834. The molecular formula is C22H24FNO6. The number of carboxylic acids is 2. The molecule has 2 aromatic carbocycles. The van der Waals surface area contributed by atoms with Crippen LogP contribution in [0.5, 0.6) is 17.2 Å². The summed E-state index contributed by atoms with van der Waals surface area (Å²) in [5.74, 6) is -0.705. The van der Waals surface area contributed by atoms with Gasteiger partial charge in [-0.05, 0) is 43.7 Å². The van der Waals surface area contributed by atoms with Gasteiger partial charge in [0.15, 0.2) is 11.5 Å². The van der Waals surface area contributed by atoms with Crippen molar-refractivity contribution in [1.29, 1.82) is 0 Å². The van der Waals surface area contributed by atoms with Crippen LogP contribution >= 0.6 is 0 Å². The number of halogens is 1. The van der Waals surface area contributed by atoms with Crippen LogP contribution in [-0.2, 0) is 9.59 Å². The molecule has 0 aliphatic carbocycles. The predicted molar refractivity (Wildman–Crippen MR) is 108 cm³/mol. The second-order valence-corrected chi connectivity index (χ2v) is 6.54. The van der Waals surface area contributed by atoms with Gasteiger partial charge in [0.1, 0.15) is 11.6 Å². The highest BCUT2D eigenvalue weighted by molar-refractivity contribution is 5.89. The maximum absolute atomic E-state index is 13.5. The first-order chi connectivity index (χ1) is 14.4. The van der Waals surface area contributed by atoms with Gasteiger partial charge in [-0.3, -0.25) is 0 Å². The van der Waals surface area contributed by atoms with E-state index < -0.39 is 11.9 Å². The van der Waals surface area contributed by atoms with Crippen molar-refractivity contribution in [2.45, 2.75) is 12.8 Å². The van der Waals surface area contributed by atoms with Gasteiger partial charge in [0.05, 0.1) is 6.61 Å². The number of ether oxygens (including phenoxy) is 2. The number of para-hydroxylation sites is 1. The van der Waals surface area contributed by atoms with Crippen molar-refractivity contribution >= 4 is 11.9 Å². The van der Waals surface area contributed by atoms with Crippen LogP contribution in [0.25, 0.3) is 0 Å². The van der Waals surface area contributed by atoms with Crippen molar-refractivity contribution in [3.8, 4) is 17.2 Å². The summed E-state index contributed by atoms with van der Waals surface area (Å²) in [6.45, 7) is 2.66. The fraction of sp³-hybridized carbons (Fsp3) is 0.273. The molecule has 0 saturated carbocycles. The molecule has 160 valence electrons. The number of carboxylic acid groups (broad SMARTS) is 2. The molecule has 1 fully saturated rings. The van der Waals surface area contributed by atoms with Gasteiger partial charge < -0.3 is 25.0 Å². The van der Waals surface area contributed by atoms with E-state index in [1.165, 1.54) is 18.6 Å². The third-order valence-corrected chi connectivity index (χ3v) is 4.12. The van der Waals surface area contributed by atoms with Gasteiger partial charge in [-0.15, -0.1) is 0 Å². The molecule has 1 aliphatic heterocycles. The van der Waals surface area contributed by atoms with Crippen molar-refractivity contribution in [2.24, 2.45) is 5.92 Å². The van der Waals surface area contributed by atoms with Crippen LogP contribution in [-0.4, -0.2) is 41.8 Å². The van der Waals surface area contributed by atoms with Crippen LogP contribution in [0.1, 0.15) is 12.8 Å². The summed E-state index contributed by atoms with van der Waals surface area (Å²) < 4.78 is 25.1. The first-order valence-electron chi connectivity index (χ1n) is 9.44. The number of nitrogens with one attached hydrogen (secondary N) is 1. The third kappa shape index (κ3) is 8.74. The second kappa shape index (κ2) is 12.2. The Morgan fingerprint density at radius 3 is 2.37 bits per heavy atom. The molecule has 7 nitrogen and oxygen atoms in total. The van der Waals surface area contributed by atoms with E-state index in [0.29, 0.717) is 41.9 Å². The summed E-state index contributed by atoms with van der Waals surface area (Å²) >= 11 is 0. The molecule has 0 bridgehead atoms. The molecule has 0 radical (unpaired) electrons. The first-order valence-corrected chi connectivity index (χ1v) is 9.44. The topological polar surface area (TPSA) is 105 Å². The zero-order valence-corrected chi connectivity index (χ0v) is 16.3. The van der Waals surface area contributed by atoms with Gasteiger partial charge >= 0.3 is 11.9 Å². The highest BCUT2D eigenvalue weighted by Crippen LogP contribution is 2.32. The lowest BCUT2D eigenvalue weighted by atomic mass is 10.0. The largest absolute Gasteiger partial charge is 0.489 e. The van der Waals surface area contributed by atoms with Gasteiger partial charge in [-0.1, -0.05) is 18.2 Å². The standard InChI is InChI=1S/C18H20FNO2.C4H4O4/c19-15-8-9-17(21-13-14-5-4-10-20-12-14)18(11-15)22-16-6-2-1-3-7-16;5-3(6)1-2-4(7)8/h1-3,6-9,11,14,20H,4-5,10,12-13H2;1-2H,(H,5,6)(H,7,8)/b;2-1+/t14-;/m0./s1. The number of hydrogen-bond acceptors (Lipinski definition) is 5. The molecular weight excluding hydrogens is 393 g/mol. The van der Waals surface area contributed by atoms with Crippen LogP contribution < -0.4 is 14.8 Å². The highest BCUT2D eigenvalue weighted by Gasteiger charge is 2.15. The molecule has 1 saturated heterocycles. The molecule has 30 heavy (non-hydrogen) atoms. The van der Waals surface area contributed by atoms with E-state index in [2.05, 4.69) is 5.32 Å². The summed E-state index contributed by atoms with van der Waals surface area (Å²) in [5, 5.41) is 19.0. The zero-order chi connectivity index (χ0) is 21.8. The molecule has 0 aromatic heterocycles. The summed E-state index contributed by atoms with van der Waals surface area (Å²) in [4.78, 5) is 19.1. The van der Waals surface area contributed by atoms with E-state index in [1.807, 2.05) is 30.3 Å². The summed E-state index contributed by atoms with van der Waals surface area (Å²) in [6, 6.07) is 13.7. The maximum Gasteiger partial charge on any atom is 0.328 e. The Hall–Kier alpha value is -3.39. The van der Waals surface area contributed by atoms with Gasteiger partial charge in [-0.2, -0.15) is 0 Å². The van der Waals surface area contributed by atoms with Crippen LogP contribution in [0, 0.1) is 11.7 Å². The average molecular weight is 417 g/mol. The minimum absolute atomic E-state index is 0.336. The number of aliphatic carboxylic acids is 2. The Labute approximate surface area is 173 Å². The normalized spacial score (nSPS) is 15.7. The molecule has 8 heteroatoms. The van der Waals surface area contributed by atoms with Crippen LogP contribution in [0.4, 0.5) is 4.39 Å². The molecule has 2 aromatic rings. The van der Waals surface area contributed by atoms with Crippen molar-refractivity contribution in [3.05, 3.63) is 66.5 Å². The van der Waals surface area contributed by atoms with Gasteiger partial charge in [0.2, 0.25) is 0 Å². The number of carbonyl (C=O) groups is 2.